The Morgan fingerprint density at radius 2 is 1.82 bits per heavy atom. The Morgan fingerprint density at radius 3 is 2.53 bits per heavy atom. The van der Waals surface area contributed by atoms with Gasteiger partial charge in [0.2, 0.25) is 12.6 Å². The van der Waals surface area contributed by atoms with Gasteiger partial charge in [0.15, 0.2) is 5.76 Å². The number of phosphoric acid groups is 1. The number of aromatic nitrogens is 3. The van der Waals surface area contributed by atoms with Gasteiger partial charge in [0.1, 0.15) is 12.2 Å². The van der Waals surface area contributed by atoms with Crippen LogP contribution in [0.3, 0.4) is 0 Å². The van der Waals surface area contributed by atoms with Crippen LogP contribution in [0.4, 0.5) is 5.82 Å². The topological polar surface area (TPSA) is 145 Å². The first kappa shape index (κ1) is 25.7. The van der Waals surface area contributed by atoms with Crippen molar-refractivity contribution in [2.45, 2.75) is 19.8 Å². The number of nitrogens with two attached hydrogens (primary N) is 1. The second-order valence-electron chi connectivity index (χ2n) is 7.16. The van der Waals surface area contributed by atoms with Crippen molar-refractivity contribution < 1.29 is 51.6 Å². The molecule has 0 radical (unpaired) electrons. The molecule has 34 heavy (non-hydrogen) atoms. The summed E-state index contributed by atoms with van der Waals surface area (Å²) in [6, 6.07) is 18.6. The van der Waals surface area contributed by atoms with Crippen LogP contribution in [0.15, 0.2) is 77.6 Å². The predicted molar refractivity (Wildman–Crippen MR) is 117 cm³/mol. The summed E-state index contributed by atoms with van der Waals surface area (Å²) in [6.07, 6.45) is 3.78. The minimum Gasteiger partial charge on any atom is -0.473 e. The number of phosphoric ester groups is 1. The molecule has 0 saturated heterocycles. The molecule has 0 atom stereocenters. The predicted octanol–water partition coefficient (Wildman–Crippen LogP) is -0.153. The van der Waals surface area contributed by atoms with E-state index in [0.717, 1.165) is 11.1 Å². The second-order valence-corrected chi connectivity index (χ2v) is 8.40. The van der Waals surface area contributed by atoms with Crippen molar-refractivity contribution >= 4 is 13.6 Å². The third kappa shape index (κ3) is 7.02. The average molecular weight is 476 g/mol. The maximum absolute atomic E-state index is 11.0. The van der Waals surface area contributed by atoms with E-state index in [1.165, 1.54) is 4.57 Å². The van der Waals surface area contributed by atoms with Gasteiger partial charge in [-0.05, 0) is 29.3 Å². The molecule has 0 aliphatic heterocycles. The summed E-state index contributed by atoms with van der Waals surface area (Å²) in [5.41, 5.74) is 9.43. The number of benzene rings is 1. The van der Waals surface area contributed by atoms with E-state index in [9.17, 15) is 4.57 Å². The van der Waals surface area contributed by atoms with Gasteiger partial charge < -0.3 is 19.0 Å². The Bertz CT molecular complexity index is 1260. The molecule has 0 amide bonds. The standard InChI is InChI=1S/C22H21N4O6P.Li/c23-22-19(4-3-11-26(22)15-31-33(27,28)29)20-13-18(25-32-20)12-16-6-8-17(9-7-16)14-30-21-5-1-2-10-24-21;/h1-11,13,23H,12,14-15H2,(H2,27,28,29);/q;+1/p+1. The van der Waals surface area contributed by atoms with Crippen molar-refractivity contribution in [2.24, 2.45) is 0 Å². The first-order valence-electron chi connectivity index (χ1n) is 9.93. The molecular weight excluding hydrogens is 454 g/mol. The van der Waals surface area contributed by atoms with Crippen LogP contribution in [-0.4, -0.2) is 19.9 Å². The molecule has 0 unspecified atom stereocenters. The molecule has 0 fully saturated rings. The third-order valence-electron chi connectivity index (χ3n) is 4.74. The first-order chi connectivity index (χ1) is 15.9. The van der Waals surface area contributed by atoms with Crippen LogP contribution in [-0.2, 0) is 28.8 Å². The summed E-state index contributed by atoms with van der Waals surface area (Å²) >= 11 is 0. The van der Waals surface area contributed by atoms with Gasteiger partial charge >= 0.3 is 26.7 Å². The van der Waals surface area contributed by atoms with Crippen LogP contribution < -0.4 is 33.9 Å². The molecule has 0 spiro atoms. The summed E-state index contributed by atoms with van der Waals surface area (Å²) in [7, 11) is -4.62. The number of nitrogen functional groups attached to an aromatic ring is 1. The van der Waals surface area contributed by atoms with E-state index in [1.807, 2.05) is 42.5 Å². The van der Waals surface area contributed by atoms with E-state index in [4.69, 9.17) is 24.8 Å². The zero-order chi connectivity index (χ0) is 23.3. The monoisotopic (exact) mass is 476 g/mol. The number of hydrogen-bond donors (Lipinski definition) is 3. The fraction of sp³-hybridized carbons (Fsp3) is 0.136. The molecule has 4 rings (SSSR count). The maximum atomic E-state index is 11.0. The summed E-state index contributed by atoms with van der Waals surface area (Å²) in [4.78, 5) is 21.9. The number of ether oxygens (including phenoxy) is 1. The zero-order valence-electron chi connectivity index (χ0n) is 18.4. The summed E-state index contributed by atoms with van der Waals surface area (Å²) in [6.45, 7) is 0.0196. The van der Waals surface area contributed by atoms with Crippen LogP contribution in [0.1, 0.15) is 16.8 Å². The van der Waals surface area contributed by atoms with E-state index in [0.29, 0.717) is 35.9 Å². The Morgan fingerprint density at radius 1 is 1.06 bits per heavy atom. The maximum Gasteiger partial charge on any atom is 1.00 e. The summed E-state index contributed by atoms with van der Waals surface area (Å²) in [5, 5.41) is 4.11. The molecule has 170 valence electrons. The van der Waals surface area contributed by atoms with Crippen LogP contribution in [0, 0.1) is 0 Å². The van der Waals surface area contributed by atoms with Gasteiger partial charge in [-0.25, -0.2) is 18.6 Å². The molecule has 12 heteroatoms. The van der Waals surface area contributed by atoms with Crippen LogP contribution in [0.2, 0.25) is 0 Å². The first-order valence-corrected chi connectivity index (χ1v) is 11.5. The van der Waals surface area contributed by atoms with Crippen molar-refractivity contribution in [3.63, 3.8) is 0 Å². The smallest absolute Gasteiger partial charge is 0.473 e. The molecule has 1 aromatic carbocycles. The number of anilines is 1. The molecule has 10 nitrogen and oxygen atoms in total. The molecule has 3 heterocycles. The van der Waals surface area contributed by atoms with Crippen molar-refractivity contribution in [3.05, 3.63) is 89.9 Å². The average Bonchev–Trinajstić information content (AvgIpc) is 3.26. The van der Waals surface area contributed by atoms with Gasteiger partial charge in [0, 0.05) is 24.8 Å². The van der Waals surface area contributed by atoms with E-state index in [1.54, 1.807) is 30.6 Å². The van der Waals surface area contributed by atoms with Gasteiger partial charge in [-0.2, -0.15) is 0 Å². The minimum absolute atomic E-state index is 0. The Balaban J connectivity index is 0.00000324. The molecule has 4 N–H and O–H groups in total. The number of nitrogens with zero attached hydrogens (tertiary/aromatic N) is 3. The van der Waals surface area contributed by atoms with Crippen molar-refractivity contribution in [1.29, 1.82) is 0 Å². The molecular formula is C22H22LiN4O6P+2. The van der Waals surface area contributed by atoms with Gasteiger partial charge in [-0.15, -0.1) is 0 Å². The van der Waals surface area contributed by atoms with Gasteiger partial charge in [-0.3, -0.25) is 5.73 Å². The quantitative estimate of drug-likeness (QED) is 0.171. The number of rotatable bonds is 9. The molecule has 0 saturated carbocycles. The van der Waals surface area contributed by atoms with E-state index in [-0.39, 0.29) is 24.7 Å². The minimum atomic E-state index is -4.62. The second kappa shape index (κ2) is 11.4. The molecule has 0 aliphatic rings. The molecule has 4 aromatic rings. The van der Waals surface area contributed by atoms with Crippen LogP contribution in [0.25, 0.3) is 11.3 Å². The molecule has 0 aliphatic carbocycles. The van der Waals surface area contributed by atoms with Crippen LogP contribution >= 0.6 is 7.82 Å². The van der Waals surface area contributed by atoms with Crippen molar-refractivity contribution in [3.8, 4) is 17.2 Å². The SMILES string of the molecule is Nc1c(-c2cc(Cc3ccc(COc4ccccn4)cc3)no2)ccc[n+]1COP(=O)(O)O.[Li+]. The summed E-state index contributed by atoms with van der Waals surface area (Å²) in [5.74, 6) is 1.24. The van der Waals surface area contributed by atoms with E-state index < -0.39 is 14.6 Å². The van der Waals surface area contributed by atoms with Gasteiger partial charge in [0.05, 0.1) is 11.9 Å². The van der Waals surface area contributed by atoms with E-state index >= 15 is 0 Å². The molecule has 3 aromatic heterocycles. The third-order valence-corrected chi connectivity index (χ3v) is 5.19. The number of pyridine rings is 2. The molecule has 0 bridgehead atoms. The zero-order valence-corrected chi connectivity index (χ0v) is 19.3. The fourth-order valence-corrected chi connectivity index (χ4v) is 3.37. The Kier molecular flexibility index (Phi) is 8.64. The van der Waals surface area contributed by atoms with Crippen molar-refractivity contribution in [2.75, 3.05) is 5.73 Å². The van der Waals surface area contributed by atoms with E-state index in [2.05, 4.69) is 14.7 Å². The fourth-order valence-electron chi connectivity index (χ4n) is 3.10. The largest absolute Gasteiger partial charge is 1.00 e. The van der Waals surface area contributed by atoms with Crippen molar-refractivity contribution in [1.82, 2.24) is 10.1 Å². The number of hydrogen-bond acceptors (Lipinski definition) is 7. The Labute approximate surface area is 207 Å². The van der Waals surface area contributed by atoms with Gasteiger partial charge in [-0.1, -0.05) is 35.5 Å². The van der Waals surface area contributed by atoms with Crippen LogP contribution in [0.5, 0.6) is 5.88 Å². The summed E-state index contributed by atoms with van der Waals surface area (Å²) < 4.78 is 27.9. The Hall–Kier alpha value is -2.96. The normalized spacial score (nSPS) is 11.1. The van der Waals surface area contributed by atoms with Gasteiger partial charge in [0.25, 0.3) is 5.82 Å².